The summed E-state index contributed by atoms with van der Waals surface area (Å²) in [6, 6.07) is 0.166. The highest BCUT2D eigenvalue weighted by Crippen LogP contribution is 2.29. The highest BCUT2D eigenvalue weighted by atomic mass is 16.5. The third kappa shape index (κ3) is 6.65. The average molecular weight is 327 g/mol. The van der Waals surface area contributed by atoms with Crippen LogP contribution in [0.1, 0.15) is 40.0 Å². The zero-order valence-corrected chi connectivity index (χ0v) is 14.9. The van der Waals surface area contributed by atoms with Crippen molar-refractivity contribution >= 4 is 6.03 Å². The summed E-state index contributed by atoms with van der Waals surface area (Å²) in [7, 11) is 0. The van der Waals surface area contributed by atoms with Gasteiger partial charge in [0, 0.05) is 32.3 Å². The molecule has 134 valence electrons. The summed E-state index contributed by atoms with van der Waals surface area (Å²) >= 11 is 0. The van der Waals surface area contributed by atoms with E-state index in [9.17, 15) is 4.79 Å². The zero-order valence-electron chi connectivity index (χ0n) is 14.9. The number of hydrogen-bond acceptors (Lipinski definition) is 4. The van der Waals surface area contributed by atoms with E-state index in [0.29, 0.717) is 0 Å². The summed E-state index contributed by atoms with van der Waals surface area (Å²) < 4.78 is 11.2. The van der Waals surface area contributed by atoms with E-state index in [2.05, 4.69) is 36.3 Å². The van der Waals surface area contributed by atoms with Crippen LogP contribution in [0.2, 0.25) is 0 Å². The Labute approximate surface area is 140 Å². The fourth-order valence-corrected chi connectivity index (χ4v) is 3.10. The van der Waals surface area contributed by atoms with E-state index in [0.717, 1.165) is 65.3 Å². The Hall–Kier alpha value is -0.850. The van der Waals surface area contributed by atoms with Crippen LogP contribution in [0.25, 0.3) is 0 Å². The number of carbonyl (C=O) groups excluding carboxylic acids is 1. The quantitative estimate of drug-likeness (QED) is 0.753. The lowest BCUT2D eigenvalue weighted by Crippen LogP contribution is -2.49. The lowest BCUT2D eigenvalue weighted by atomic mass is 9.83. The number of nitrogens with zero attached hydrogens (tertiary/aromatic N) is 1. The molecule has 0 aromatic heterocycles. The van der Waals surface area contributed by atoms with Gasteiger partial charge in [-0.25, -0.2) is 4.79 Å². The third-order valence-corrected chi connectivity index (χ3v) is 4.63. The maximum absolute atomic E-state index is 12.0. The summed E-state index contributed by atoms with van der Waals surface area (Å²) in [5, 5.41) is 6.07. The summed E-state index contributed by atoms with van der Waals surface area (Å²) in [5.41, 5.74) is 0.120. The second-order valence-electron chi connectivity index (χ2n) is 7.65. The molecule has 2 aliphatic heterocycles. The van der Waals surface area contributed by atoms with E-state index in [4.69, 9.17) is 9.47 Å². The molecule has 0 saturated carbocycles. The van der Waals surface area contributed by atoms with Crippen LogP contribution in [-0.2, 0) is 9.47 Å². The number of nitrogens with one attached hydrogen (secondary N) is 2. The normalized spacial score (nSPS) is 26.7. The molecule has 2 N–H and O–H groups in total. The van der Waals surface area contributed by atoms with E-state index in [1.165, 1.54) is 0 Å². The van der Waals surface area contributed by atoms with Gasteiger partial charge < -0.3 is 20.1 Å². The van der Waals surface area contributed by atoms with Crippen LogP contribution < -0.4 is 10.6 Å². The monoisotopic (exact) mass is 327 g/mol. The molecular weight excluding hydrogens is 294 g/mol. The van der Waals surface area contributed by atoms with Crippen molar-refractivity contribution in [1.82, 2.24) is 15.5 Å². The molecular formula is C17H33N3O3. The molecule has 2 rings (SSSR count). The Kier molecular flexibility index (Phi) is 7.11. The van der Waals surface area contributed by atoms with E-state index in [1.807, 2.05) is 0 Å². The van der Waals surface area contributed by atoms with E-state index < -0.39 is 0 Å². The molecule has 2 saturated heterocycles. The molecule has 0 bridgehead atoms. The molecule has 0 aliphatic carbocycles. The van der Waals surface area contributed by atoms with Crippen LogP contribution in [0.3, 0.4) is 0 Å². The SMILES string of the molecule is CC(C)(C)[C@@H]1C[C@@H](NC(=O)NCCCN2CCOCC2)CCO1. The number of amides is 2. The van der Waals surface area contributed by atoms with Crippen molar-refractivity contribution in [2.75, 3.05) is 46.0 Å². The van der Waals surface area contributed by atoms with Crippen molar-refractivity contribution < 1.29 is 14.3 Å². The standard InChI is InChI=1S/C17H33N3O3/c1-17(2,3)15-13-14(5-10-23-15)19-16(21)18-6-4-7-20-8-11-22-12-9-20/h14-15H,4-13H2,1-3H3,(H2,18,19,21)/t14-,15-/m0/s1. The van der Waals surface area contributed by atoms with Crippen LogP contribution in [-0.4, -0.2) is 69.1 Å². The highest BCUT2D eigenvalue weighted by Gasteiger charge is 2.32. The van der Waals surface area contributed by atoms with Crippen LogP contribution in [0.5, 0.6) is 0 Å². The fourth-order valence-electron chi connectivity index (χ4n) is 3.10. The third-order valence-electron chi connectivity index (χ3n) is 4.63. The van der Waals surface area contributed by atoms with Crippen LogP contribution in [0.4, 0.5) is 4.79 Å². The highest BCUT2D eigenvalue weighted by molar-refractivity contribution is 5.74. The predicted molar refractivity (Wildman–Crippen MR) is 90.6 cm³/mol. The van der Waals surface area contributed by atoms with Gasteiger partial charge in [0.2, 0.25) is 0 Å². The molecule has 2 amide bonds. The molecule has 0 unspecified atom stereocenters. The fraction of sp³-hybridized carbons (Fsp3) is 0.941. The number of ether oxygens (including phenoxy) is 2. The van der Waals surface area contributed by atoms with Gasteiger partial charge in [-0.15, -0.1) is 0 Å². The lowest BCUT2D eigenvalue weighted by Gasteiger charge is -2.37. The molecule has 0 aromatic carbocycles. The largest absolute Gasteiger partial charge is 0.379 e. The zero-order chi connectivity index (χ0) is 16.7. The van der Waals surface area contributed by atoms with E-state index >= 15 is 0 Å². The summed E-state index contributed by atoms with van der Waals surface area (Å²) in [4.78, 5) is 14.4. The Morgan fingerprint density at radius 3 is 2.65 bits per heavy atom. The Balaban J connectivity index is 1.58. The van der Waals surface area contributed by atoms with Crippen molar-refractivity contribution in [2.24, 2.45) is 5.41 Å². The Morgan fingerprint density at radius 2 is 1.96 bits per heavy atom. The average Bonchev–Trinajstić information content (AvgIpc) is 2.52. The molecule has 6 heteroatoms. The van der Waals surface area contributed by atoms with Gasteiger partial charge in [0.1, 0.15) is 0 Å². The summed E-state index contributed by atoms with van der Waals surface area (Å²) in [6.45, 7) is 12.7. The van der Waals surface area contributed by atoms with Crippen molar-refractivity contribution in [3.63, 3.8) is 0 Å². The first-order valence-electron chi connectivity index (χ1n) is 8.91. The van der Waals surface area contributed by atoms with Crippen molar-refractivity contribution in [3.8, 4) is 0 Å². The Bertz CT molecular complexity index is 365. The van der Waals surface area contributed by atoms with Gasteiger partial charge in [-0.1, -0.05) is 20.8 Å². The van der Waals surface area contributed by atoms with Crippen molar-refractivity contribution in [1.29, 1.82) is 0 Å². The molecule has 23 heavy (non-hydrogen) atoms. The van der Waals surface area contributed by atoms with Gasteiger partial charge in [0.05, 0.1) is 19.3 Å². The van der Waals surface area contributed by atoms with E-state index in [1.54, 1.807) is 0 Å². The van der Waals surface area contributed by atoms with Gasteiger partial charge in [0.15, 0.2) is 0 Å². The van der Waals surface area contributed by atoms with Gasteiger partial charge in [-0.3, -0.25) is 4.90 Å². The smallest absolute Gasteiger partial charge is 0.315 e. The van der Waals surface area contributed by atoms with Gasteiger partial charge in [-0.2, -0.15) is 0 Å². The first kappa shape index (κ1) is 18.5. The summed E-state index contributed by atoms with van der Waals surface area (Å²) in [6.07, 6.45) is 2.98. The summed E-state index contributed by atoms with van der Waals surface area (Å²) in [5.74, 6) is 0. The first-order valence-corrected chi connectivity index (χ1v) is 8.91. The number of urea groups is 1. The van der Waals surface area contributed by atoms with Crippen molar-refractivity contribution in [2.45, 2.75) is 52.2 Å². The number of carbonyl (C=O) groups is 1. The molecule has 2 atom stereocenters. The minimum absolute atomic E-state index is 0.0495. The van der Waals surface area contributed by atoms with Gasteiger partial charge >= 0.3 is 6.03 Å². The molecule has 2 fully saturated rings. The molecule has 0 spiro atoms. The van der Waals surface area contributed by atoms with Crippen LogP contribution >= 0.6 is 0 Å². The number of rotatable bonds is 5. The first-order chi connectivity index (χ1) is 10.9. The Morgan fingerprint density at radius 1 is 1.22 bits per heavy atom. The second kappa shape index (κ2) is 8.85. The van der Waals surface area contributed by atoms with Gasteiger partial charge in [0.25, 0.3) is 0 Å². The lowest BCUT2D eigenvalue weighted by molar-refractivity contribution is -0.0565. The maximum atomic E-state index is 12.0. The van der Waals surface area contributed by atoms with Crippen LogP contribution in [0.15, 0.2) is 0 Å². The molecule has 2 heterocycles. The van der Waals surface area contributed by atoms with Crippen molar-refractivity contribution in [3.05, 3.63) is 0 Å². The molecule has 0 aromatic rings. The number of morpholine rings is 1. The molecule has 0 radical (unpaired) electrons. The number of hydrogen-bond donors (Lipinski definition) is 2. The predicted octanol–water partition coefficient (Wildman–Crippen LogP) is 1.60. The minimum Gasteiger partial charge on any atom is -0.379 e. The molecule has 6 nitrogen and oxygen atoms in total. The molecule has 2 aliphatic rings. The van der Waals surface area contributed by atoms with Crippen LogP contribution in [0, 0.1) is 5.41 Å². The van der Waals surface area contributed by atoms with Gasteiger partial charge in [-0.05, 0) is 31.2 Å². The second-order valence-corrected chi connectivity index (χ2v) is 7.65. The maximum Gasteiger partial charge on any atom is 0.315 e. The topological polar surface area (TPSA) is 62.8 Å². The van der Waals surface area contributed by atoms with E-state index in [-0.39, 0.29) is 23.6 Å². The minimum atomic E-state index is -0.0495.